The predicted molar refractivity (Wildman–Crippen MR) is 77.0 cm³/mol. The lowest BCUT2D eigenvalue weighted by atomic mass is 9.72. The summed E-state index contributed by atoms with van der Waals surface area (Å²) in [6.07, 6.45) is 10.6. The zero-order valence-electron chi connectivity index (χ0n) is 11.8. The number of carboxylic acid groups (broad SMARTS) is 1. The molecule has 0 unspecified atom stereocenters. The molecule has 0 bridgehead atoms. The van der Waals surface area contributed by atoms with E-state index in [-0.39, 0.29) is 11.8 Å². The Morgan fingerprint density at radius 1 is 1.38 bits per heavy atom. The topological polar surface area (TPSA) is 92.4 Å². The summed E-state index contributed by atoms with van der Waals surface area (Å²) >= 11 is 0. The molecule has 0 aliphatic heterocycles. The number of anilines is 1. The largest absolute Gasteiger partial charge is 0.481 e. The van der Waals surface area contributed by atoms with Crippen molar-refractivity contribution in [2.24, 2.45) is 5.41 Å². The maximum absolute atomic E-state index is 11.2. The molecule has 0 radical (unpaired) electrons. The molecule has 2 N–H and O–H groups in total. The highest BCUT2D eigenvalue weighted by atomic mass is 16.4. The Morgan fingerprint density at radius 2 is 2.19 bits per heavy atom. The average Bonchev–Trinajstić information content (AvgIpc) is 2.94. The molecule has 2 aromatic heterocycles. The number of aromatic nitrogens is 4. The van der Waals surface area contributed by atoms with E-state index in [1.165, 1.54) is 6.42 Å². The minimum atomic E-state index is -0.729. The number of carbonyl (C=O) groups is 1. The number of rotatable bonds is 5. The summed E-state index contributed by atoms with van der Waals surface area (Å²) in [5, 5.41) is 20.4. The molecule has 1 aliphatic rings. The lowest BCUT2D eigenvalue weighted by molar-refractivity contribution is -0.140. The summed E-state index contributed by atoms with van der Waals surface area (Å²) in [4.78, 5) is 15.5. The molecule has 0 amide bonds. The molecular weight excluding hydrogens is 270 g/mol. The number of hydrogen-bond acceptors (Lipinski definition) is 5. The van der Waals surface area contributed by atoms with Crippen molar-refractivity contribution in [1.82, 2.24) is 19.6 Å². The predicted octanol–water partition coefficient (Wildman–Crippen LogP) is 1.96. The summed E-state index contributed by atoms with van der Waals surface area (Å²) in [6.45, 7) is 0.610. The normalized spacial score (nSPS) is 17.7. The summed E-state index contributed by atoms with van der Waals surface area (Å²) in [5.74, 6) is -0.0716. The summed E-state index contributed by atoms with van der Waals surface area (Å²) < 4.78 is 1.79. The Bertz CT molecular complexity index is 633. The van der Waals surface area contributed by atoms with Crippen LogP contribution in [0.3, 0.4) is 0 Å². The second-order valence-corrected chi connectivity index (χ2v) is 5.82. The molecule has 112 valence electrons. The van der Waals surface area contributed by atoms with Crippen molar-refractivity contribution in [3.8, 4) is 0 Å². The van der Waals surface area contributed by atoms with Crippen LogP contribution in [0, 0.1) is 5.41 Å². The maximum atomic E-state index is 11.2. The van der Waals surface area contributed by atoms with Crippen molar-refractivity contribution in [3.05, 3.63) is 18.7 Å². The first kappa shape index (κ1) is 13.8. The van der Waals surface area contributed by atoms with E-state index in [0.717, 1.165) is 25.7 Å². The van der Waals surface area contributed by atoms with Crippen LogP contribution in [-0.4, -0.2) is 37.2 Å². The summed E-state index contributed by atoms with van der Waals surface area (Å²) in [6, 6.07) is 0. The quantitative estimate of drug-likeness (QED) is 0.874. The van der Waals surface area contributed by atoms with Gasteiger partial charge in [0.1, 0.15) is 6.33 Å². The fourth-order valence-corrected chi connectivity index (χ4v) is 3.19. The van der Waals surface area contributed by atoms with Gasteiger partial charge in [-0.25, -0.2) is 4.98 Å². The second kappa shape index (κ2) is 5.67. The fraction of sp³-hybridized carbons (Fsp3) is 0.571. The van der Waals surface area contributed by atoms with Gasteiger partial charge in [-0.2, -0.15) is 0 Å². The molecule has 0 atom stereocenters. The van der Waals surface area contributed by atoms with E-state index in [9.17, 15) is 9.90 Å². The minimum absolute atomic E-state index is 0.182. The molecule has 2 aromatic rings. The van der Waals surface area contributed by atoms with Crippen LogP contribution in [0.15, 0.2) is 18.7 Å². The lowest BCUT2D eigenvalue weighted by Gasteiger charge is -2.36. The zero-order valence-corrected chi connectivity index (χ0v) is 11.8. The lowest BCUT2D eigenvalue weighted by Crippen LogP contribution is -2.34. The third-order valence-electron chi connectivity index (χ3n) is 4.29. The number of nitrogens with zero attached hydrogens (tertiary/aromatic N) is 4. The van der Waals surface area contributed by atoms with Crippen LogP contribution in [0.2, 0.25) is 0 Å². The van der Waals surface area contributed by atoms with Crippen molar-refractivity contribution in [2.75, 3.05) is 11.9 Å². The van der Waals surface area contributed by atoms with Gasteiger partial charge in [0.05, 0.1) is 6.42 Å². The number of hydrogen-bond donors (Lipinski definition) is 2. The molecule has 21 heavy (non-hydrogen) atoms. The first-order valence-corrected chi connectivity index (χ1v) is 7.29. The molecule has 0 spiro atoms. The maximum Gasteiger partial charge on any atom is 0.303 e. The molecule has 0 aromatic carbocycles. The third-order valence-corrected chi connectivity index (χ3v) is 4.29. The van der Waals surface area contributed by atoms with E-state index < -0.39 is 5.97 Å². The molecule has 1 saturated carbocycles. The average molecular weight is 289 g/mol. The first-order valence-electron chi connectivity index (χ1n) is 7.29. The van der Waals surface area contributed by atoms with Gasteiger partial charge >= 0.3 is 5.97 Å². The van der Waals surface area contributed by atoms with E-state index in [1.807, 2.05) is 0 Å². The van der Waals surface area contributed by atoms with Gasteiger partial charge in [-0.05, 0) is 18.3 Å². The van der Waals surface area contributed by atoms with E-state index >= 15 is 0 Å². The fourth-order valence-electron chi connectivity index (χ4n) is 3.19. The van der Waals surface area contributed by atoms with Crippen molar-refractivity contribution in [3.63, 3.8) is 0 Å². The minimum Gasteiger partial charge on any atom is -0.481 e. The highest BCUT2D eigenvalue weighted by Crippen LogP contribution is 2.39. The molecule has 7 nitrogen and oxygen atoms in total. The molecular formula is C14H19N5O2. The van der Waals surface area contributed by atoms with Crippen LogP contribution in [0.4, 0.5) is 5.82 Å². The van der Waals surface area contributed by atoms with Crippen LogP contribution >= 0.6 is 0 Å². The Hall–Kier alpha value is -2.18. The van der Waals surface area contributed by atoms with Gasteiger partial charge in [-0.15, -0.1) is 10.2 Å². The first-order chi connectivity index (χ1) is 10.2. The number of nitrogens with one attached hydrogen (secondary N) is 1. The van der Waals surface area contributed by atoms with Crippen LogP contribution in [-0.2, 0) is 4.79 Å². The highest BCUT2D eigenvalue weighted by Gasteiger charge is 2.34. The molecule has 0 saturated heterocycles. The van der Waals surface area contributed by atoms with Crippen LogP contribution < -0.4 is 5.32 Å². The zero-order chi connectivity index (χ0) is 14.7. The van der Waals surface area contributed by atoms with Gasteiger partial charge in [-0.1, -0.05) is 19.3 Å². The molecule has 3 rings (SSSR count). The van der Waals surface area contributed by atoms with Crippen molar-refractivity contribution in [1.29, 1.82) is 0 Å². The second-order valence-electron chi connectivity index (χ2n) is 5.82. The molecule has 1 fully saturated rings. The number of aliphatic carboxylic acids is 1. The van der Waals surface area contributed by atoms with Gasteiger partial charge in [0.15, 0.2) is 5.82 Å². The van der Waals surface area contributed by atoms with Gasteiger partial charge in [0.2, 0.25) is 5.65 Å². The standard InChI is InChI=1S/C14H19N5O2/c20-11(21)8-14(4-2-1-3-5-14)9-16-12-13-18-17-10-19(13)7-6-15-12/h6-7,10H,1-5,8-9H2,(H,15,16)(H,20,21). The van der Waals surface area contributed by atoms with Crippen LogP contribution in [0.25, 0.3) is 5.65 Å². The third kappa shape index (κ3) is 2.96. The van der Waals surface area contributed by atoms with Gasteiger partial charge in [0.25, 0.3) is 0 Å². The Morgan fingerprint density at radius 3 is 2.95 bits per heavy atom. The smallest absolute Gasteiger partial charge is 0.303 e. The van der Waals surface area contributed by atoms with E-state index in [1.54, 1.807) is 23.1 Å². The number of fused-ring (bicyclic) bond motifs is 1. The van der Waals surface area contributed by atoms with Gasteiger partial charge < -0.3 is 10.4 Å². The van der Waals surface area contributed by atoms with Crippen molar-refractivity contribution >= 4 is 17.4 Å². The van der Waals surface area contributed by atoms with E-state index in [2.05, 4.69) is 20.5 Å². The van der Waals surface area contributed by atoms with Crippen molar-refractivity contribution in [2.45, 2.75) is 38.5 Å². The Balaban J connectivity index is 1.77. The van der Waals surface area contributed by atoms with Crippen molar-refractivity contribution < 1.29 is 9.90 Å². The molecule has 7 heteroatoms. The summed E-state index contributed by atoms with van der Waals surface area (Å²) in [7, 11) is 0. The Kier molecular flexibility index (Phi) is 3.72. The van der Waals surface area contributed by atoms with Gasteiger partial charge in [0, 0.05) is 18.9 Å². The highest BCUT2D eigenvalue weighted by molar-refractivity contribution is 5.68. The molecule has 1 aliphatic carbocycles. The summed E-state index contributed by atoms with van der Waals surface area (Å²) in [5.41, 5.74) is 0.484. The molecule has 2 heterocycles. The SMILES string of the molecule is O=C(O)CC1(CNc2nccn3cnnc23)CCCCC1. The Labute approximate surface area is 122 Å². The van der Waals surface area contributed by atoms with Gasteiger partial charge in [-0.3, -0.25) is 9.20 Å². The van der Waals surface area contributed by atoms with E-state index in [4.69, 9.17) is 0 Å². The van der Waals surface area contributed by atoms with Crippen LogP contribution in [0.1, 0.15) is 38.5 Å². The van der Waals surface area contributed by atoms with Crippen LogP contribution in [0.5, 0.6) is 0 Å². The number of carboxylic acids is 1. The monoisotopic (exact) mass is 289 g/mol. The van der Waals surface area contributed by atoms with E-state index in [0.29, 0.717) is 18.0 Å².